The number of H-pyrrole nitrogens is 1. The Kier molecular flexibility index (Phi) is 4.83. The van der Waals surface area contributed by atoms with Crippen LogP contribution in [0.15, 0.2) is 54.6 Å². The molecule has 2 heterocycles. The summed E-state index contributed by atoms with van der Waals surface area (Å²) in [6, 6.07) is 16.5. The van der Waals surface area contributed by atoms with Crippen LogP contribution in [-0.2, 0) is 9.74 Å². The fraction of sp³-hybridized carbons (Fsp3) is 0.238. The standard InChI is InChI=1S/C21H20FN3O3/c1-25-10-9-16(13-5-3-2-4-6-13)19(25)20(26)23-15-7-8-17-14(11-15)12-18(24-17)21(27)28-22/h2-8,11-12,16,19,24H,9-10H2,1H3,(H,23,26). The van der Waals surface area contributed by atoms with Crippen LogP contribution < -0.4 is 5.32 Å². The molecule has 2 aromatic carbocycles. The van der Waals surface area contributed by atoms with E-state index in [4.69, 9.17) is 0 Å². The van der Waals surface area contributed by atoms with Crippen molar-refractivity contribution >= 4 is 28.5 Å². The molecule has 0 radical (unpaired) electrons. The number of hydrogen-bond acceptors (Lipinski definition) is 4. The van der Waals surface area contributed by atoms with Gasteiger partial charge in [-0.05, 0) is 49.8 Å². The van der Waals surface area contributed by atoms with E-state index in [1.807, 2.05) is 25.2 Å². The Morgan fingerprint density at radius 3 is 2.71 bits per heavy atom. The number of fused-ring (bicyclic) bond motifs is 1. The number of likely N-dealkylation sites (N-methyl/N-ethyl adjacent to an activating group) is 1. The number of carbonyl (C=O) groups excluding carboxylic acids is 2. The van der Waals surface area contributed by atoms with Crippen molar-refractivity contribution < 1.29 is 19.1 Å². The minimum absolute atomic E-state index is 0.0145. The van der Waals surface area contributed by atoms with Crippen molar-refractivity contribution in [3.05, 3.63) is 65.9 Å². The normalized spacial score (nSPS) is 19.6. The fourth-order valence-electron chi connectivity index (χ4n) is 3.96. The van der Waals surface area contributed by atoms with Crippen LogP contribution in [0.2, 0.25) is 0 Å². The Labute approximate surface area is 161 Å². The Morgan fingerprint density at radius 1 is 1.18 bits per heavy atom. The predicted molar refractivity (Wildman–Crippen MR) is 104 cm³/mol. The average molecular weight is 381 g/mol. The number of halogens is 1. The maximum Gasteiger partial charge on any atom is 0.395 e. The minimum atomic E-state index is -1.08. The number of benzene rings is 2. The van der Waals surface area contributed by atoms with Crippen molar-refractivity contribution in [1.82, 2.24) is 9.88 Å². The van der Waals surface area contributed by atoms with E-state index in [2.05, 4.69) is 32.3 Å². The van der Waals surface area contributed by atoms with Gasteiger partial charge in [0.05, 0.1) is 6.04 Å². The van der Waals surface area contributed by atoms with Crippen molar-refractivity contribution in [3.63, 3.8) is 0 Å². The van der Waals surface area contributed by atoms with Gasteiger partial charge in [0.25, 0.3) is 0 Å². The lowest BCUT2D eigenvalue weighted by molar-refractivity contribution is -0.120. The van der Waals surface area contributed by atoms with Gasteiger partial charge in [-0.2, -0.15) is 0 Å². The molecule has 0 spiro atoms. The van der Waals surface area contributed by atoms with Crippen molar-refractivity contribution in [2.75, 3.05) is 18.9 Å². The highest BCUT2D eigenvalue weighted by Gasteiger charge is 2.38. The topological polar surface area (TPSA) is 74.4 Å². The second-order valence-electron chi connectivity index (χ2n) is 7.07. The minimum Gasteiger partial charge on any atom is -0.349 e. The van der Waals surface area contributed by atoms with Crippen molar-refractivity contribution in [2.24, 2.45) is 0 Å². The van der Waals surface area contributed by atoms with Crippen LogP contribution in [0, 0.1) is 0 Å². The summed E-state index contributed by atoms with van der Waals surface area (Å²) in [6.45, 7) is 0.850. The number of amides is 1. The van der Waals surface area contributed by atoms with Crippen LogP contribution in [0.3, 0.4) is 0 Å². The molecule has 3 aromatic rings. The first-order valence-corrected chi connectivity index (χ1v) is 9.08. The number of anilines is 1. The van der Waals surface area contributed by atoms with Crippen LogP contribution in [-0.4, -0.2) is 41.4 Å². The average Bonchev–Trinajstić information content (AvgIpc) is 3.31. The maximum absolute atomic E-state index is 13.0. The van der Waals surface area contributed by atoms with Gasteiger partial charge >= 0.3 is 5.97 Å². The molecule has 0 aliphatic carbocycles. The van der Waals surface area contributed by atoms with E-state index in [0.717, 1.165) is 18.5 Å². The van der Waals surface area contributed by atoms with Gasteiger partial charge < -0.3 is 10.3 Å². The summed E-state index contributed by atoms with van der Waals surface area (Å²) >= 11 is 0. The van der Waals surface area contributed by atoms with E-state index in [0.29, 0.717) is 16.6 Å². The molecule has 28 heavy (non-hydrogen) atoms. The molecule has 1 fully saturated rings. The van der Waals surface area contributed by atoms with Crippen LogP contribution in [0.25, 0.3) is 10.9 Å². The number of hydrogen-bond donors (Lipinski definition) is 2. The summed E-state index contributed by atoms with van der Waals surface area (Å²) in [4.78, 5) is 32.4. The molecule has 2 N–H and O–H groups in total. The monoisotopic (exact) mass is 381 g/mol. The molecular formula is C21H20FN3O3. The third kappa shape index (κ3) is 3.36. The zero-order chi connectivity index (χ0) is 19.7. The molecule has 144 valence electrons. The van der Waals surface area contributed by atoms with Gasteiger partial charge in [0.15, 0.2) is 0 Å². The molecule has 1 saturated heterocycles. The molecule has 1 aliphatic rings. The summed E-state index contributed by atoms with van der Waals surface area (Å²) in [5.74, 6) is -1.03. The quantitative estimate of drug-likeness (QED) is 0.724. The van der Waals surface area contributed by atoms with Gasteiger partial charge in [-0.15, -0.1) is 0 Å². The third-order valence-corrected chi connectivity index (χ3v) is 5.32. The molecule has 1 aromatic heterocycles. The number of aromatic amines is 1. The van der Waals surface area contributed by atoms with E-state index in [-0.39, 0.29) is 23.6 Å². The summed E-state index contributed by atoms with van der Waals surface area (Å²) in [7, 11) is 1.96. The van der Waals surface area contributed by atoms with E-state index in [1.165, 1.54) is 6.07 Å². The van der Waals surface area contributed by atoms with E-state index < -0.39 is 5.97 Å². The fourth-order valence-corrected chi connectivity index (χ4v) is 3.96. The van der Waals surface area contributed by atoms with E-state index >= 15 is 0 Å². The molecular weight excluding hydrogens is 361 g/mol. The Morgan fingerprint density at radius 2 is 1.96 bits per heavy atom. The smallest absolute Gasteiger partial charge is 0.349 e. The van der Waals surface area contributed by atoms with Crippen molar-refractivity contribution in [2.45, 2.75) is 18.4 Å². The van der Waals surface area contributed by atoms with E-state index in [9.17, 15) is 14.1 Å². The number of carbonyl (C=O) groups is 2. The molecule has 1 aliphatic heterocycles. The highest BCUT2D eigenvalue weighted by atomic mass is 19.3. The molecule has 4 rings (SSSR count). The highest BCUT2D eigenvalue weighted by molar-refractivity contribution is 5.99. The predicted octanol–water partition coefficient (Wildman–Crippen LogP) is 3.64. The van der Waals surface area contributed by atoms with Crippen molar-refractivity contribution in [3.8, 4) is 0 Å². The van der Waals surface area contributed by atoms with Gasteiger partial charge in [0.1, 0.15) is 5.69 Å². The lowest BCUT2D eigenvalue weighted by atomic mass is 9.91. The van der Waals surface area contributed by atoms with E-state index in [1.54, 1.807) is 18.2 Å². The largest absolute Gasteiger partial charge is 0.395 e. The highest BCUT2D eigenvalue weighted by Crippen LogP contribution is 2.33. The zero-order valence-corrected chi connectivity index (χ0v) is 15.3. The first kappa shape index (κ1) is 18.2. The Hall–Kier alpha value is -3.19. The molecule has 7 heteroatoms. The third-order valence-electron chi connectivity index (χ3n) is 5.32. The summed E-state index contributed by atoms with van der Waals surface area (Å²) in [5.41, 5.74) is 2.44. The number of likely N-dealkylation sites (tertiary alicyclic amines) is 1. The molecule has 0 bridgehead atoms. The number of rotatable bonds is 4. The number of nitrogens with zero attached hydrogens (tertiary/aromatic N) is 1. The molecule has 6 nitrogen and oxygen atoms in total. The molecule has 2 atom stereocenters. The number of aromatic nitrogens is 1. The summed E-state index contributed by atoms with van der Waals surface area (Å²) in [6.07, 6.45) is 0.921. The van der Waals surface area contributed by atoms with Crippen LogP contribution in [0.5, 0.6) is 0 Å². The molecule has 1 amide bonds. The summed E-state index contributed by atoms with van der Waals surface area (Å²) in [5, 5.41) is 3.65. The van der Waals surface area contributed by atoms with Gasteiger partial charge in [-0.3, -0.25) is 9.69 Å². The van der Waals surface area contributed by atoms with Crippen LogP contribution in [0.1, 0.15) is 28.4 Å². The Bertz CT molecular complexity index is 1020. The second-order valence-corrected chi connectivity index (χ2v) is 7.07. The SMILES string of the molecule is CN1CCC(c2ccccc2)C1C(=O)Nc1ccc2[nH]c(C(=O)OF)cc2c1. The van der Waals surface area contributed by atoms with Crippen LogP contribution >= 0.6 is 0 Å². The molecule has 2 unspecified atom stereocenters. The second kappa shape index (κ2) is 7.44. The Balaban J connectivity index is 1.56. The first-order valence-electron chi connectivity index (χ1n) is 9.08. The molecule has 0 saturated carbocycles. The van der Waals surface area contributed by atoms with Crippen LogP contribution in [0.4, 0.5) is 10.2 Å². The first-order chi connectivity index (χ1) is 13.6. The van der Waals surface area contributed by atoms with Gasteiger partial charge in [-0.1, -0.05) is 30.3 Å². The van der Waals surface area contributed by atoms with Gasteiger partial charge in [0, 0.05) is 27.0 Å². The maximum atomic E-state index is 13.0. The zero-order valence-electron chi connectivity index (χ0n) is 15.3. The summed E-state index contributed by atoms with van der Waals surface area (Å²) < 4.78 is 12.1. The van der Waals surface area contributed by atoms with Gasteiger partial charge in [-0.25, -0.2) is 9.74 Å². The lowest BCUT2D eigenvalue weighted by Crippen LogP contribution is -2.40. The lowest BCUT2D eigenvalue weighted by Gasteiger charge is -2.24. The van der Waals surface area contributed by atoms with Gasteiger partial charge in [0.2, 0.25) is 5.91 Å². The van der Waals surface area contributed by atoms with Crippen molar-refractivity contribution in [1.29, 1.82) is 0 Å². The number of nitrogens with one attached hydrogen (secondary N) is 2.